The number of carboxylic acid groups (broad SMARTS) is 1. The Labute approximate surface area is 175 Å². The van der Waals surface area contributed by atoms with Gasteiger partial charge in [-0.05, 0) is 24.8 Å². The number of likely N-dealkylation sites (tertiary alicyclic amines) is 2. The first-order valence-corrected chi connectivity index (χ1v) is 10.5. The molecule has 2 fully saturated rings. The van der Waals surface area contributed by atoms with Crippen LogP contribution in [-0.2, 0) is 11.2 Å². The summed E-state index contributed by atoms with van der Waals surface area (Å²) in [4.78, 5) is 30.3. The molecule has 1 amide bonds. The van der Waals surface area contributed by atoms with Crippen molar-refractivity contribution >= 4 is 23.2 Å². The van der Waals surface area contributed by atoms with E-state index in [2.05, 4.69) is 45.1 Å². The molecule has 2 aliphatic heterocycles. The first-order chi connectivity index (χ1) is 14.3. The van der Waals surface area contributed by atoms with E-state index in [4.69, 9.17) is 9.90 Å². The van der Waals surface area contributed by atoms with E-state index in [0.29, 0.717) is 17.8 Å². The molecule has 0 saturated carbocycles. The average molecular weight is 441 g/mol. The highest BCUT2D eigenvalue weighted by molar-refractivity contribution is 7.07. The second-order valence-corrected chi connectivity index (χ2v) is 7.88. The average Bonchev–Trinajstić information content (AvgIpc) is 3.44. The smallest absolute Gasteiger partial charge is 0.475 e. The number of hydrogen-bond donors (Lipinski definition) is 1. The van der Waals surface area contributed by atoms with E-state index in [1.165, 1.54) is 16.9 Å². The quantitative estimate of drug-likeness (QED) is 0.788. The van der Waals surface area contributed by atoms with Crippen LogP contribution in [0.3, 0.4) is 0 Å². The molecule has 1 aromatic carbocycles. The summed E-state index contributed by atoms with van der Waals surface area (Å²) in [6.45, 7) is 3.06. The molecule has 2 aromatic rings. The minimum Gasteiger partial charge on any atom is -0.475 e. The highest BCUT2D eigenvalue weighted by Crippen LogP contribution is 2.32. The SMILES string of the molecule is O=C(O)C(F)(F)F.O=C(c1cscn1)N1CC[C@@H]2[C@@H]1CCN2CCc1ccccc1. The molecule has 6 nitrogen and oxygen atoms in total. The summed E-state index contributed by atoms with van der Waals surface area (Å²) < 4.78 is 31.7. The van der Waals surface area contributed by atoms with Crippen molar-refractivity contribution in [3.8, 4) is 0 Å². The maximum absolute atomic E-state index is 12.6. The van der Waals surface area contributed by atoms with Gasteiger partial charge in [-0.15, -0.1) is 11.3 Å². The third kappa shape index (κ3) is 5.37. The van der Waals surface area contributed by atoms with Crippen molar-refractivity contribution in [3.63, 3.8) is 0 Å². The molecule has 0 bridgehead atoms. The fourth-order valence-corrected chi connectivity index (χ4v) is 4.51. The van der Waals surface area contributed by atoms with E-state index >= 15 is 0 Å². The molecule has 1 N–H and O–H groups in total. The number of aliphatic carboxylic acids is 1. The van der Waals surface area contributed by atoms with Gasteiger partial charge in [0.15, 0.2) is 0 Å². The first kappa shape index (κ1) is 22.2. The molecule has 2 aliphatic rings. The van der Waals surface area contributed by atoms with Gasteiger partial charge in [0.2, 0.25) is 0 Å². The van der Waals surface area contributed by atoms with Gasteiger partial charge in [-0.1, -0.05) is 30.3 Å². The van der Waals surface area contributed by atoms with Gasteiger partial charge in [-0.25, -0.2) is 9.78 Å². The lowest BCUT2D eigenvalue weighted by Gasteiger charge is -2.25. The Bertz CT molecular complexity index is 846. The van der Waals surface area contributed by atoms with E-state index < -0.39 is 12.1 Å². The zero-order valence-corrected chi connectivity index (χ0v) is 16.9. The van der Waals surface area contributed by atoms with Crippen LogP contribution in [0.1, 0.15) is 28.9 Å². The van der Waals surface area contributed by atoms with Crippen LogP contribution in [0.15, 0.2) is 41.2 Å². The van der Waals surface area contributed by atoms with Crippen LogP contribution in [0, 0.1) is 0 Å². The molecule has 0 radical (unpaired) electrons. The second-order valence-electron chi connectivity index (χ2n) is 7.16. The van der Waals surface area contributed by atoms with E-state index in [-0.39, 0.29) is 5.91 Å². The normalized spacial score (nSPS) is 21.1. The van der Waals surface area contributed by atoms with Crippen LogP contribution in [0.5, 0.6) is 0 Å². The Morgan fingerprint density at radius 2 is 1.80 bits per heavy atom. The Kier molecular flexibility index (Phi) is 7.09. The number of rotatable bonds is 4. The maximum atomic E-state index is 12.6. The minimum atomic E-state index is -5.08. The van der Waals surface area contributed by atoms with Gasteiger partial charge in [-0.3, -0.25) is 9.69 Å². The molecule has 4 rings (SSSR count). The van der Waals surface area contributed by atoms with Crippen molar-refractivity contribution in [2.45, 2.75) is 37.5 Å². The Hall–Kier alpha value is -2.46. The number of aromatic nitrogens is 1. The van der Waals surface area contributed by atoms with Gasteiger partial charge in [0.1, 0.15) is 5.69 Å². The Morgan fingerprint density at radius 3 is 2.40 bits per heavy atom. The number of halogens is 3. The lowest BCUT2D eigenvalue weighted by atomic mass is 10.1. The second kappa shape index (κ2) is 9.57. The zero-order chi connectivity index (χ0) is 21.7. The van der Waals surface area contributed by atoms with Gasteiger partial charge in [0, 0.05) is 37.1 Å². The van der Waals surface area contributed by atoms with Crippen molar-refractivity contribution in [1.29, 1.82) is 0 Å². The monoisotopic (exact) mass is 441 g/mol. The molecular weight excluding hydrogens is 419 g/mol. The molecule has 2 atom stereocenters. The summed E-state index contributed by atoms with van der Waals surface area (Å²) in [5, 5.41) is 8.98. The lowest BCUT2D eigenvalue weighted by Crippen LogP contribution is -2.40. The van der Waals surface area contributed by atoms with Gasteiger partial charge >= 0.3 is 12.1 Å². The summed E-state index contributed by atoms with van der Waals surface area (Å²) in [7, 11) is 0. The van der Waals surface area contributed by atoms with Crippen LogP contribution in [-0.4, -0.2) is 69.7 Å². The van der Waals surface area contributed by atoms with Crippen LogP contribution < -0.4 is 0 Å². The Balaban J connectivity index is 0.000000318. The van der Waals surface area contributed by atoms with Crippen molar-refractivity contribution in [1.82, 2.24) is 14.8 Å². The molecule has 162 valence electrons. The van der Waals surface area contributed by atoms with Crippen LogP contribution in [0.25, 0.3) is 0 Å². The molecule has 30 heavy (non-hydrogen) atoms. The molecular formula is C20H22F3N3O3S. The third-order valence-corrected chi connectivity index (χ3v) is 5.96. The van der Waals surface area contributed by atoms with E-state index in [9.17, 15) is 18.0 Å². The number of fused-ring (bicyclic) bond motifs is 1. The first-order valence-electron chi connectivity index (χ1n) is 9.54. The maximum Gasteiger partial charge on any atom is 0.490 e. The van der Waals surface area contributed by atoms with Gasteiger partial charge in [0.25, 0.3) is 5.91 Å². The zero-order valence-electron chi connectivity index (χ0n) is 16.1. The highest BCUT2D eigenvalue weighted by Gasteiger charge is 2.44. The molecule has 0 spiro atoms. The van der Waals surface area contributed by atoms with Crippen LogP contribution in [0.2, 0.25) is 0 Å². The molecule has 2 saturated heterocycles. The predicted octanol–water partition coefficient (Wildman–Crippen LogP) is 3.31. The fourth-order valence-electron chi connectivity index (χ4n) is 3.99. The number of alkyl halides is 3. The fraction of sp³-hybridized carbons (Fsp3) is 0.450. The van der Waals surface area contributed by atoms with E-state index in [1.807, 2.05) is 5.38 Å². The number of hydrogen-bond acceptors (Lipinski definition) is 5. The summed E-state index contributed by atoms with van der Waals surface area (Å²) >= 11 is 1.49. The summed E-state index contributed by atoms with van der Waals surface area (Å²) in [6.07, 6.45) is -1.81. The third-order valence-electron chi connectivity index (χ3n) is 5.38. The molecule has 3 heterocycles. The highest BCUT2D eigenvalue weighted by atomic mass is 32.1. The number of thiazole rings is 1. The number of carboxylic acids is 1. The van der Waals surface area contributed by atoms with Crippen molar-refractivity contribution in [3.05, 3.63) is 52.5 Å². The van der Waals surface area contributed by atoms with Crippen molar-refractivity contribution < 1.29 is 27.9 Å². The summed E-state index contributed by atoms with van der Waals surface area (Å²) in [6, 6.07) is 11.6. The summed E-state index contributed by atoms with van der Waals surface area (Å²) in [5.74, 6) is -2.64. The Morgan fingerprint density at radius 1 is 1.13 bits per heavy atom. The van der Waals surface area contributed by atoms with Crippen molar-refractivity contribution in [2.75, 3.05) is 19.6 Å². The lowest BCUT2D eigenvalue weighted by molar-refractivity contribution is -0.192. The van der Waals surface area contributed by atoms with Gasteiger partial charge < -0.3 is 10.0 Å². The van der Waals surface area contributed by atoms with E-state index in [1.54, 1.807) is 5.51 Å². The van der Waals surface area contributed by atoms with Crippen LogP contribution in [0.4, 0.5) is 13.2 Å². The number of carbonyl (C=O) groups excluding carboxylic acids is 1. The number of amides is 1. The molecule has 10 heteroatoms. The topological polar surface area (TPSA) is 73.7 Å². The molecule has 0 aliphatic carbocycles. The predicted molar refractivity (Wildman–Crippen MR) is 105 cm³/mol. The van der Waals surface area contributed by atoms with E-state index in [0.717, 1.165) is 38.9 Å². The minimum absolute atomic E-state index is 0.114. The summed E-state index contributed by atoms with van der Waals surface area (Å²) in [5.41, 5.74) is 3.74. The van der Waals surface area contributed by atoms with Gasteiger partial charge in [0.05, 0.1) is 5.51 Å². The van der Waals surface area contributed by atoms with Gasteiger partial charge in [-0.2, -0.15) is 13.2 Å². The molecule has 1 aromatic heterocycles. The van der Waals surface area contributed by atoms with Crippen molar-refractivity contribution in [2.24, 2.45) is 0 Å². The molecule has 0 unspecified atom stereocenters. The standard InChI is InChI=1S/C18H21N3OS.C2HF3O2/c22-18(15-12-23-13-19-15)21-11-8-16-17(21)7-10-20(16)9-6-14-4-2-1-3-5-14;3-2(4,5)1(6)7/h1-5,12-13,16-17H,6-11H2;(H,6,7)/t16-,17+;/m1./s1. The number of nitrogens with zero attached hydrogens (tertiary/aromatic N) is 3. The largest absolute Gasteiger partial charge is 0.490 e. The number of benzene rings is 1. The number of carbonyl (C=O) groups is 2. The van der Waals surface area contributed by atoms with Crippen LogP contribution >= 0.6 is 11.3 Å².